The van der Waals surface area contributed by atoms with Crippen LogP contribution < -0.4 is 5.32 Å². The van der Waals surface area contributed by atoms with Gasteiger partial charge in [-0.25, -0.2) is 0 Å². The molecule has 106 valence electrons. The largest absolute Gasteiger partial charge is 0.342 e. The Morgan fingerprint density at radius 2 is 1.94 bits per heavy atom. The molecule has 1 amide bonds. The van der Waals surface area contributed by atoms with Crippen molar-refractivity contribution in [2.24, 2.45) is 11.8 Å². The minimum absolute atomic E-state index is 0.262. The van der Waals surface area contributed by atoms with E-state index in [9.17, 15) is 4.79 Å². The lowest BCUT2D eigenvalue weighted by atomic mass is 9.91. The molecule has 2 unspecified atom stereocenters. The predicted octanol–water partition coefficient (Wildman–Crippen LogP) is 2.66. The van der Waals surface area contributed by atoms with E-state index in [1.807, 2.05) is 7.05 Å². The first-order chi connectivity index (χ1) is 8.63. The molecular weight excluding hydrogens is 224 g/mol. The van der Waals surface area contributed by atoms with Gasteiger partial charge in [0.2, 0.25) is 5.91 Å². The number of amides is 1. The van der Waals surface area contributed by atoms with Crippen LogP contribution in [0.25, 0.3) is 0 Å². The maximum atomic E-state index is 12.5. The van der Waals surface area contributed by atoms with Crippen LogP contribution in [0, 0.1) is 11.8 Å². The second kappa shape index (κ2) is 7.78. The summed E-state index contributed by atoms with van der Waals surface area (Å²) in [7, 11) is 2.02. The molecule has 2 atom stereocenters. The lowest BCUT2D eigenvalue weighted by Gasteiger charge is -2.38. The van der Waals surface area contributed by atoms with E-state index >= 15 is 0 Å². The predicted molar refractivity (Wildman–Crippen MR) is 76.5 cm³/mol. The highest BCUT2D eigenvalue weighted by atomic mass is 16.2. The SMILES string of the molecule is CCCC(CCC)C(=O)N1CCC(NC)C(C)C1. The fourth-order valence-corrected chi connectivity index (χ4v) is 3.12. The normalized spacial score (nSPS) is 24.6. The van der Waals surface area contributed by atoms with E-state index in [0.29, 0.717) is 17.9 Å². The molecule has 0 bridgehead atoms. The summed E-state index contributed by atoms with van der Waals surface area (Å²) in [6, 6.07) is 0.574. The standard InChI is InChI=1S/C15H30N2O/c1-5-7-13(8-6-2)15(18)17-10-9-14(16-4)12(3)11-17/h12-14,16H,5-11H2,1-4H3. The Labute approximate surface area is 112 Å². The van der Waals surface area contributed by atoms with Gasteiger partial charge in [-0.1, -0.05) is 33.6 Å². The van der Waals surface area contributed by atoms with Gasteiger partial charge in [0.05, 0.1) is 0 Å². The fourth-order valence-electron chi connectivity index (χ4n) is 3.12. The lowest BCUT2D eigenvalue weighted by Crippen LogP contribution is -2.50. The summed E-state index contributed by atoms with van der Waals surface area (Å²) in [6.07, 6.45) is 5.41. The number of hydrogen-bond donors (Lipinski definition) is 1. The van der Waals surface area contributed by atoms with E-state index in [-0.39, 0.29) is 5.92 Å². The molecule has 1 saturated heterocycles. The van der Waals surface area contributed by atoms with Gasteiger partial charge in [0.15, 0.2) is 0 Å². The second-order valence-corrected chi connectivity index (χ2v) is 5.72. The lowest BCUT2D eigenvalue weighted by molar-refractivity contribution is -0.138. The molecule has 0 spiro atoms. The molecule has 1 aliphatic heterocycles. The van der Waals surface area contributed by atoms with Gasteiger partial charge in [-0.2, -0.15) is 0 Å². The molecule has 3 heteroatoms. The van der Waals surface area contributed by atoms with Crippen molar-refractivity contribution in [2.45, 2.75) is 58.9 Å². The quantitative estimate of drug-likeness (QED) is 0.790. The molecule has 0 aromatic heterocycles. The van der Waals surface area contributed by atoms with Crippen molar-refractivity contribution in [3.8, 4) is 0 Å². The summed E-state index contributed by atoms with van der Waals surface area (Å²) in [5, 5.41) is 3.35. The van der Waals surface area contributed by atoms with Crippen molar-refractivity contribution in [2.75, 3.05) is 20.1 Å². The number of likely N-dealkylation sites (tertiary alicyclic amines) is 1. The molecule has 3 nitrogen and oxygen atoms in total. The Balaban J connectivity index is 2.55. The van der Waals surface area contributed by atoms with Crippen molar-refractivity contribution in [1.82, 2.24) is 10.2 Å². The highest BCUT2D eigenvalue weighted by Gasteiger charge is 2.30. The number of piperidine rings is 1. The van der Waals surface area contributed by atoms with Crippen LogP contribution in [0.4, 0.5) is 0 Å². The molecule has 0 aromatic rings. The average molecular weight is 254 g/mol. The van der Waals surface area contributed by atoms with E-state index in [4.69, 9.17) is 0 Å². The minimum atomic E-state index is 0.262. The Morgan fingerprint density at radius 3 is 2.39 bits per heavy atom. The van der Waals surface area contributed by atoms with E-state index in [1.54, 1.807) is 0 Å². The third kappa shape index (κ3) is 3.98. The molecule has 0 aromatic carbocycles. The molecule has 1 fully saturated rings. The molecule has 1 aliphatic rings. The van der Waals surface area contributed by atoms with Gasteiger partial charge < -0.3 is 10.2 Å². The van der Waals surface area contributed by atoms with E-state index in [2.05, 4.69) is 31.0 Å². The zero-order valence-electron chi connectivity index (χ0n) is 12.5. The summed E-state index contributed by atoms with van der Waals surface area (Å²) in [4.78, 5) is 14.6. The average Bonchev–Trinajstić information content (AvgIpc) is 2.37. The van der Waals surface area contributed by atoms with Crippen LogP contribution in [0.2, 0.25) is 0 Å². The van der Waals surface area contributed by atoms with E-state index in [0.717, 1.165) is 45.2 Å². The fraction of sp³-hybridized carbons (Fsp3) is 0.933. The third-order valence-corrected chi connectivity index (χ3v) is 4.21. The summed E-state index contributed by atoms with van der Waals surface area (Å²) < 4.78 is 0. The van der Waals surface area contributed by atoms with Crippen LogP contribution in [-0.4, -0.2) is 37.0 Å². The highest BCUT2D eigenvalue weighted by molar-refractivity contribution is 5.79. The molecule has 1 rings (SSSR count). The van der Waals surface area contributed by atoms with Crippen LogP contribution in [-0.2, 0) is 4.79 Å². The first-order valence-electron chi connectivity index (χ1n) is 7.60. The first-order valence-corrected chi connectivity index (χ1v) is 7.60. The third-order valence-electron chi connectivity index (χ3n) is 4.21. The van der Waals surface area contributed by atoms with Crippen LogP contribution in [0.1, 0.15) is 52.9 Å². The maximum absolute atomic E-state index is 12.5. The van der Waals surface area contributed by atoms with Gasteiger partial charge in [-0.05, 0) is 32.2 Å². The van der Waals surface area contributed by atoms with Crippen molar-refractivity contribution >= 4 is 5.91 Å². The number of carbonyl (C=O) groups excluding carboxylic acids is 1. The van der Waals surface area contributed by atoms with Crippen molar-refractivity contribution in [1.29, 1.82) is 0 Å². The Bertz CT molecular complexity index is 249. The second-order valence-electron chi connectivity index (χ2n) is 5.72. The Hall–Kier alpha value is -0.570. The molecule has 18 heavy (non-hydrogen) atoms. The minimum Gasteiger partial charge on any atom is -0.342 e. The Morgan fingerprint density at radius 1 is 1.33 bits per heavy atom. The van der Waals surface area contributed by atoms with Crippen molar-refractivity contribution in [3.05, 3.63) is 0 Å². The number of carbonyl (C=O) groups is 1. The molecule has 1 N–H and O–H groups in total. The van der Waals surface area contributed by atoms with E-state index in [1.165, 1.54) is 0 Å². The van der Waals surface area contributed by atoms with Gasteiger partial charge in [-0.15, -0.1) is 0 Å². The van der Waals surface area contributed by atoms with Crippen LogP contribution in [0.5, 0.6) is 0 Å². The number of nitrogens with one attached hydrogen (secondary N) is 1. The van der Waals surface area contributed by atoms with Gasteiger partial charge in [0.1, 0.15) is 0 Å². The molecule has 0 aliphatic carbocycles. The van der Waals surface area contributed by atoms with Crippen LogP contribution in [0.15, 0.2) is 0 Å². The van der Waals surface area contributed by atoms with Crippen molar-refractivity contribution in [3.63, 3.8) is 0 Å². The van der Waals surface area contributed by atoms with Gasteiger partial charge >= 0.3 is 0 Å². The topological polar surface area (TPSA) is 32.3 Å². The zero-order chi connectivity index (χ0) is 13.5. The monoisotopic (exact) mass is 254 g/mol. The molecule has 0 radical (unpaired) electrons. The molecule has 1 heterocycles. The number of hydrogen-bond acceptors (Lipinski definition) is 2. The van der Waals surface area contributed by atoms with Crippen LogP contribution >= 0.6 is 0 Å². The van der Waals surface area contributed by atoms with Crippen molar-refractivity contribution < 1.29 is 4.79 Å². The number of rotatable bonds is 6. The van der Waals surface area contributed by atoms with Crippen LogP contribution in [0.3, 0.4) is 0 Å². The highest BCUT2D eigenvalue weighted by Crippen LogP contribution is 2.22. The molecular formula is C15H30N2O. The van der Waals surface area contributed by atoms with Gasteiger partial charge in [0.25, 0.3) is 0 Å². The van der Waals surface area contributed by atoms with Gasteiger partial charge in [-0.3, -0.25) is 4.79 Å². The summed E-state index contributed by atoms with van der Waals surface area (Å²) in [5.74, 6) is 1.23. The van der Waals surface area contributed by atoms with Gasteiger partial charge in [0, 0.05) is 25.0 Å². The smallest absolute Gasteiger partial charge is 0.225 e. The molecule has 0 saturated carbocycles. The number of nitrogens with zero attached hydrogens (tertiary/aromatic N) is 1. The zero-order valence-corrected chi connectivity index (χ0v) is 12.5. The summed E-state index contributed by atoms with van der Waals surface area (Å²) in [5.41, 5.74) is 0. The Kier molecular flexibility index (Phi) is 6.69. The summed E-state index contributed by atoms with van der Waals surface area (Å²) >= 11 is 0. The van der Waals surface area contributed by atoms with E-state index < -0.39 is 0 Å². The maximum Gasteiger partial charge on any atom is 0.225 e. The summed E-state index contributed by atoms with van der Waals surface area (Å²) in [6.45, 7) is 8.44. The first kappa shape index (κ1) is 15.5.